The molecule has 0 saturated carbocycles. The van der Waals surface area contributed by atoms with Crippen molar-refractivity contribution in [2.45, 2.75) is 13.5 Å². The molecule has 1 saturated heterocycles. The van der Waals surface area contributed by atoms with E-state index >= 15 is 0 Å². The summed E-state index contributed by atoms with van der Waals surface area (Å²) < 4.78 is 11.8. The van der Waals surface area contributed by atoms with Crippen LogP contribution in [0, 0.1) is 17.0 Å². The lowest BCUT2D eigenvalue weighted by Crippen LogP contribution is -2.38. The van der Waals surface area contributed by atoms with Gasteiger partial charge in [-0.1, -0.05) is 40.2 Å². The number of nitrogens with one attached hydrogen (secondary N) is 2. The number of imide groups is 1. The predicted octanol–water partition coefficient (Wildman–Crippen LogP) is 4.78. The fraction of sp³-hybridized carbons (Fsp3) is 0.148. The van der Waals surface area contributed by atoms with Crippen molar-refractivity contribution in [2.75, 3.05) is 19.0 Å². The molecule has 200 valence electrons. The third kappa shape index (κ3) is 6.60. The first-order chi connectivity index (χ1) is 18.6. The van der Waals surface area contributed by atoms with Gasteiger partial charge in [-0.3, -0.25) is 19.7 Å². The summed E-state index contributed by atoms with van der Waals surface area (Å²) in [7, 11) is 1.44. The highest BCUT2D eigenvalue weighted by molar-refractivity contribution is 9.10. The van der Waals surface area contributed by atoms with Crippen LogP contribution in [0.2, 0.25) is 0 Å². The normalized spacial score (nSPS) is 13.8. The van der Waals surface area contributed by atoms with Crippen molar-refractivity contribution in [3.05, 3.63) is 97.6 Å². The molecule has 1 fully saturated rings. The summed E-state index contributed by atoms with van der Waals surface area (Å²) in [5.74, 6) is -0.481. The molecule has 3 aromatic rings. The first-order valence-electron chi connectivity index (χ1n) is 11.6. The highest BCUT2D eigenvalue weighted by Crippen LogP contribution is 2.35. The minimum atomic E-state index is -0.717. The van der Waals surface area contributed by atoms with Crippen molar-refractivity contribution in [3.63, 3.8) is 0 Å². The standard InChI is InChI=1S/C27H23BrN4O7/c1-16-5-3-7-19(9-16)29-25(33)14-31-26(34)22(30-27(31)35)11-18-12-23(38-2)24(13-21(18)28)39-15-17-6-4-8-20(10-17)32(36)37/h3-13H,14-15H2,1-2H3,(H,29,33)(H,30,35)/b22-11+. The van der Waals surface area contributed by atoms with E-state index in [1.54, 1.807) is 42.5 Å². The molecule has 4 amide bonds. The monoisotopic (exact) mass is 594 g/mol. The minimum Gasteiger partial charge on any atom is -0.493 e. The number of hydrogen-bond donors (Lipinski definition) is 2. The van der Waals surface area contributed by atoms with E-state index in [9.17, 15) is 24.5 Å². The van der Waals surface area contributed by atoms with Crippen LogP contribution >= 0.6 is 15.9 Å². The van der Waals surface area contributed by atoms with Gasteiger partial charge in [-0.2, -0.15) is 0 Å². The smallest absolute Gasteiger partial charge is 0.329 e. The average molecular weight is 595 g/mol. The second kappa shape index (κ2) is 11.8. The number of aryl methyl sites for hydroxylation is 1. The molecule has 1 heterocycles. The lowest BCUT2D eigenvalue weighted by molar-refractivity contribution is -0.384. The van der Waals surface area contributed by atoms with E-state index in [1.165, 1.54) is 25.3 Å². The molecular weight excluding hydrogens is 572 g/mol. The largest absolute Gasteiger partial charge is 0.493 e. The van der Waals surface area contributed by atoms with E-state index in [4.69, 9.17) is 9.47 Å². The number of urea groups is 1. The van der Waals surface area contributed by atoms with Crippen molar-refractivity contribution < 1.29 is 28.8 Å². The van der Waals surface area contributed by atoms with Crippen molar-refractivity contribution in [2.24, 2.45) is 0 Å². The highest BCUT2D eigenvalue weighted by Gasteiger charge is 2.35. The van der Waals surface area contributed by atoms with Crippen LogP contribution < -0.4 is 20.1 Å². The van der Waals surface area contributed by atoms with Gasteiger partial charge in [0.1, 0.15) is 18.8 Å². The number of ether oxygens (including phenoxy) is 2. The molecule has 0 unspecified atom stereocenters. The van der Waals surface area contributed by atoms with Gasteiger partial charge in [-0.25, -0.2) is 9.69 Å². The summed E-state index contributed by atoms with van der Waals surface area (Å²) >= 11 is 3.44. The first kappa shape index (κ1) is 27.3. The summed E-state index contributed by atoms with van der Waals surface area (Å²) in [6.45, 7) is 1.48. The molecule has 1 aliphatic rings. The van der Waals surface area contributed by atoms with E-state index in [-0.39, 0.29) is 18.0 Å². The zero-order valence-electron chi connectivity index (χ0n) is 20.9. The summed E-state index contributed by atoms with van der Waals surface area (Å²) in [5.41, 5.74) is 2.55. The second-order valence-corrected chi connectivity index (χ2v) is 9.39. The van der Waals surface area contributed by atoms with E-state index in [0.717, 1.165) is 10.5 Å². The average Bonchev–Trinajstić information content (AvgIpc) is 3.16. The van der Waals surface area contributed by atoms with Crippen LogP contribution in [0.1, 0.15) is 16.7 Å². The Kier molecular flexibility index (Phi) is 8.25. The van der Waals surface area contributed by atoms with Gasteiger partial charge in [0.25, 0.3) is 11.6 Å². The molecule has 0 radical (unpaired) electrons. The van der Waals surface area contributed by atoms with Crippen LogP contribution in [0.25, 0.3) is 6.08 Å². The summed E-state index contributed by atoms with van der Waals surface area (Å²) in [6.07, 6.45) is 1.45. The van der Waals surface area contributed by atoms with Crippen LogP contribution in [0.3, 0.4) is 0 Å². The second-order valence-electron chi connectivity index (χ2n) is 8.54. The predicted molar refractivity (Wildman–Crippen MR) is 146 cm³/mol. The van der Waals surface area contributed by atoms with Gasteiger partial charge in [0, 0.05) is 22.3 Å². The Morgan fingerprint density at radius 2 is 1.90 bits per heavy atom. The number of carbonyl (C=O) groups excluding carboxylic acids is 3. The van der Waals surface area contributed by atoms with Crippen molar-refractivity contribution in [1.82, 2.24) is 10.2 Å². The molecule has 2 N–H and O–H groups in total. The number of anilines is 1. The maximum atomic E-state index is 12.9. The van der Waals surface area contributed by atoms with E-state index < -0.39 is 29.3 Å². The number of halogens is 1. The number of nitro groups is 1. The van der Waals surface area contributed by atoms with Crippen LogP contribution in [0.15, 0.2) is 70.8 Å². The number of benzene rings is 3. The van der Waals surface area contributed by atoms with Crippen molar-refractivity contribution in [1.29, 1.82) is 0 Å². The molecule has 3 aromatic carbocycles. The Bertz CT molecular complexity index is 1510. The number of hydrogen-bond acceptors (Lipinski definition) is 7. The Morgan fingerprint density at radius 3 is 2.62 bits per heavy atom. The molecule has 4 rings (SSSR count). The summed E-state index contributed by atoms with van der Waals surface area (Å²) in [5, 5.41) is 16.2. The molecule has 0 aromatic heterocycles. The lowest BCUT2D eigenvalue weighted by Gasteiger charge is -2.13. The number of rotatable bonds is 9. The van der Waals surface area contributed by atoms with Gasteiger partial charge in [0.05, 0.1) is 12.0 Å². The summed E-state index contributed by atoms with van der Waals surface area (Å²) in [6, 6.07) is 15.8. The molecule has 39 heavy (non-hydrogen) atoms. The SMILES string of the molecule is COc1cc(/C=C2/NC(=O)N(CC(=O)Nc3cccc(C)c3)C2=O)c(Br)cc1OCc1cccc([N+](=O)[O-])c1. The molecule has 0 bridgehead atoms. The number of amides is 4. The molecule has 0 aliphatic carbocycles. The molecule has 1 aliphatic heterocycles. The number of carbonyl (C=O) groups is 3. The van der Waals surface area contributed by atoms with Gasteiger partial charge in [0.2, 0.25) is 5.91 Å². The maximum Gasteiger partial charge on any atom is 0.329 e. The molecule has 12 heteroatoms. The van der Waals surface area contributed by atoms with Crippen LogP contribution in [-0.2, 0) is 16.2 Å². The van der Waals surface area contributed by atoms with Crippen molar-refractivity contribution in [3.8, 4) is 11.5 Å². The Hall–Kier alpha value is -4.71. The lowest BCUT2D eigenvalue weighted by atomic mass is 10.1. The van der Waals surface area contributed by atoms with Crippen LogP contribution in [-0.4, -0.2) is 41.3 Å². The van der Waals surface area contributed by atoms with Crippen molar-refractivity contribution >= 4 is 51.2 Å². The Morgan fingerprint density at radius 1 is 1.13 bits per heavy atom. The van der Waals surface area contributed by atoms with E-state index in [2.05, 4.69) is 26.6 Å². The third-order valence-corrected chi connectivity index (χ3v) is 6.35. The quantitative estimate of drug-likeness (QED) is 0.157. The Balaban J connectivity index is 1.47. The Labute approximate surface area is 231 Å². The van der Waals surface area contributed by atoms with E-state index in [0.29, 0.717) is 32.8 Å². The fourth-order valence-corrected chi connectivity index (χ4v) is 4.23. The van der Waals surface area contributed by atoms with Gasteiger partial charge in [0.15, 0.2) is 11.5 Å². The molecule has 11 nitrogen and oxygen atoms in total. The number of nitrogens with zero attached hydrogens (tertiary/aromatic N) is 2. The first-order valence-corrected chi connectivity index (χ1v) is 12.4. The van der Waals surface area contributed by atoms with Gasteiger partial charge < -0.3 is 20.1 Å². The number of methoxy groups -OCH3 is 1. The van der Waals surface area contributed by atoms with Crippen LogP contribution in [0.5, 0.6) is 11.5 Å². The maximum absolute atomic E-state index is 12.9. The number of non-ortho nitro benzene ring substituents is 1. The topological polar surface area (TPSA) is 140 Å². The summed E-state index contributed by atoms with van der Waals surface area (Å²) in [4.78, 5) is 49.2. The van der Waals surface area contributed by atoms with Gasteiger partial charge in [-0.15, -0.1) is 0 Å². The van der Waals surface area contributed by atoms with Gasteiger partial charge >= 0.3 is 6.03 Å². The number of nitro benzene ring substituents is 1. The zero-order chi connectivity index (χ0) is 28.1. The highest BCUT2D eigenvalue weighted by atomic mass is 79.9. The molecular formula is C27H23BrN4O7. The van der Waals surface area contributed by atoms with Crippen LogP contribution in [0.4, 0.5) is 16.2 Å². The zero-order valence-corrected chi connectivity index (χ0v) is 22.5. The third-order valence-electron chi connectivity index (χ3n) is 5.66. The molecule has 0 spiro atoms. The molecule has 0 atom stereocenters. The minimum absolute atomic E-state index is 0.0172. The fourth-order valence-electron chi connectivity index (χ4n) is 3.79. The van der Waals surface area contributed by atoms with E-state index in [1.807, 2.05) is 13.0 Å². The van der Waals surface area contributed by atoms with Gasteiger partial charge in [-0.05, 0) is 54.0 Å².